The number of allylic oxidation sites excluding steroid dienone is 1. The van der Waals surface area contributed by atoms with Crippen LogP contribution in [0, 0.1) is 5.92 Å². The van der Waals surface area contributed by atoms with E-state index in [1.54, 1.807) is 0 Å². The van der Waals surface area contributed by atoms with E-state index in [1.807, 2.05) is 77.2 Å². The van der Waals surface area contributed by atoms with Gasteiger partial charge in [-0.2, -0.15) is 0 Å². The van der Waals surface area contributed by atoms with Gasteiger partial charge in [0.25, 0.3) is 5.91 Å². The van der Waals surface area contributed by atoms with E-state index in [-0.39, 0.29) is 25.5 Å². The second-order valence-corrected chi connectivity index (χ2v) is 18.5. The van der Waals surface area contributed by atoms with Crippen LogP contribution in [0.1, 0.15) is 83.5 Å². The number of benzene rings is 2. The summed E-state index contributed by atoms with van der Waals surface area (Å²) in [6.45, 7) is -0.0114. The minimum Gasteiger partial charge on any atom is -0.473 e. The van der Waals surface area contributed by atoms with Crippen LogP contribution < -0.4 is 20.1 Å². The molecular weight excluding hydrogens is 775 g/mol. The molecule has 310 valence electrons. The molecule has 3 saturated carbocycles. The number of fused-ring (bicyclic) bond motifs is 5. The van der Waals surface area contributed by atoms with E-state index in [0.717, 1.165) is 49.6 Å². The summed E-state index contributed by atoms with van der Waals surface area (Å²) < 4.78 is 42.5. The molecule has 0 spiro atoms. The number of para-hydroxylation sites is 2. The summed E-state index contributed by atoms with van der Waals surface area (Å²) in [4.78, 5) is 67.6. The zero-order chi connectivity index (χ0) is 40.7. The summed E-state index contributed by atoms with van der Waals surface area (Å²) in [6.07, 6.45) is 10.2. The van der Waals surface area contributed by atoms with Crippen LogP contribution in [0.4, 0.5) is 4.79 Å². The highest BCUT2D eigenvalue weighted by atomic mass is 32.2. The van der Waals surface area contributed by atoms with Crippen LogP contribution in [-0.2, 0) is 29.1 Å². The van der Waals surface area contributed by atoms with E-state index < -0.39 is 68.7 Å². The molecule has 4 heterocycles. The number of carbonyl (C=O) groups excluding carboxylic acids is 4. The van der Waals surface area contributed by atoms with Crippen molar-refractivity contribution in [3.05, 3.63) is 72.8 Å². The number of nitrogens with zero attached hydrogens (tertiary/aromatic N) is 4. The number of aromatic nitrogens is 3. The molecular formula is C43H49N7O8S. The predicted octanol–water partition coefficient (Wildman–Crippen LogP) is 4.94. The summed E-state index contributed by atoms with van der Waals surface area (Å²) >= 11 is 0. The molecule has 5 atom stereocenters. The molecule has 15 nitrogen and oxygen atoms in total. The van der Waals surface area contributed by atoms with Crippen molar-refractivity contribution >= 4 is 50.6 Å². The van der Waals surface area contributed by atoms with E-state index in [9.17, 15) is 27.6 Å². The summed E-state index contributed by atoms with van der Waals surface area (Å²) in [5, 5.41) is 5.14. The highest BCUT2D eigenvalue weighted by Gasteiger charge is 2.62. The quantitative estimate of drug-likeness (QED) is 0.205. The number of rotatable bonds is 8. The van der Waals surface area contributed by atoms with Gasteiger partial charge in [-0.25, -0.2) is 27.6 Å². The van der Waals surface area contributed by atoms with Crippen LogP contribution >= 0.6 is 0 Å². The van der Waals surface area contributed by atoms with E-state index >= 15 is 0 Å². The minimum atomic E-state index is -3.90. The molecule has 4 amide bonds. The molecule has 59 heavy (non-hydrogen) atoms. The Kier molecular flexibility index (Phi) is 10.5. The average Bonchev–Trinajstić information content (AvgIpc) is 4.03. The van der Waals surface area contributed by atoms with Crippen molar-refractivity contribution in [1.82, 2.24) is 34.6 Å². The third-order valence-corrected chi connectivity index (χ3v) is 14.1. The van der Waals surface area contributed by atoms with Crippen LogP contribution in [0.5, 0.6) is 5.88 Å². The molecule has 1 saturated heterocycles. The first-order valence-electron chi connectivity index (χ1n) is 20.9. The maximum Gasteiger partial charge on any atom is 0.408 e. The molecule has 2 aromatic carbocycles. The van der Waals surface area contributed by atoms with Crippen molar-refractivity contribution in [3.8, 4) is 17.1 Å². The van der Waals surface area contributed by atoms with Gasteiger partial charge in [0.15, 0.2) is 0 Å². The largest absolute Gasteiger partial charge is 0.473 e. The molecule has 0 bridgehead atoms. The fourth-order valence-electron chi connectivity index (χ4n) is 8.82. The van der Waals surface area contributed by atoms with Gasteiger partial charge < -0.3 is 25.0 Å². The lowest BCUT2D eigenvalue weighted by Crippen LogP contribution is -2.58. The molecule has 16 heteroatoms. The zero-order valence-electron chi connectivity index (χ0n) is 32.8. The minimum absolute atomic E-state index is 0.0114. The van der Waals surface area contributed by atoms with Gasteiger partial charge in [0.1, 0.15) is 29.8 Å². The van der Waals surface area contributed by atoms with Crippen molar-refractivity contribution in [3.63, 3.8) is 0 Å². The fourth-order valence-corrected chi connectivity index (χ4v) is 10.2. The van der Waals surface area contributed by atoms with Crippen molar-refractivity contribution in [1.29, 1.82) is 0 Å². The van der Waals surface area contributed by atoms with Gasteiger partial charge in [-0.1, -0.05) is 67.5 Å². The van der Waals surface area contributed by atoms with Gasteiger partial charge in [-0.05, 0) is 76.3 Å². The smallest absolute Gasteiger partial charge is 0.408 e. The highest BCUT2D eigenvalue weighted by Crippen LogP contribution is 2.46. The van der Waals surface area contributed by atoms with Crippen molar-refractivity contribution < 1.29 is 37.1 Å². The Hall–Kier alpha value is -5.51. The summed E-state index contributed by atoms with van der Waals surface area (Å²) in [5.41, 5.74) is 1.43. The predicted molar refractivity (Wildman–Crippen MR) is 217 cm³/mol. The molecule has 4 fully saturated rings. The molecule has 4 aromatic rings. The van der Waals surface area contributed by atoms with Gasteiger partial charge >= 0.3 is 6.09 Å². The lowest BCUT2D eigenvalue weighted by atomic mass is 10.0. The highest BCUT2D eigenvalue weighted by molar-refractivity contribution is 7.91. The second kappa shape index (κ2) is 15.9. The molecule has 0 unspecified atom stereocenters. The molecule has 3 N–H and O–H groups in total. The maximum atomic E-state index is 14.8. The normalized spacial score (nSPS) is 27.2. The summed E-state index contributed by atoms with van der Waals surface area (Å²) in [6, 6.07) is 16.9. The van der Waals surface area contributed by atoms with Crippen LogP contribution in [-0.4, -0.2) is 93.1 Å². The number of imidazole rings is 1. The number of alkyl carbamates (subject to hydrolysis) is 1. The Balaban J connectivity index is 1.05. The molecule has 5 aliphatic rings. The topological polar surface area (TPSA) is 190 Å². The van der Waals surface area contributed by atoms with Gasteiger partial charge in [0.2, 0.25) is 33.5 Å². The average molecular weight is 824 g/mol. The van der Waals surface area contributed by atoms with E-state index in [2.05, 4.69) is 15.4 Å². The Morgan fingerprint density at radius 3 is 2.44 bits per heavy atom. The van der Waals surface area contributed by atoms with Crippen molar-refractivity contribution in [2.75, 3.05) is 6.54 Å². The maximum absolute atomic E-state index is 14.8. The van der Waals surface area contributed by atoms with Crippen LogP contribution in [0.2, 0.25) is 0 Å². The Morgan fingerprint density at radius 2 is 1.64 bits per heavy atom. The Bertz CT molecular complexity index is 2410. The molecule has 0 radical (unpaired) electrons. The number of ether oxygens (including phenoxy) is 2. The van der Waals surface area contributed by atoms with Crippen LogP contribution in [0.15, 0.2) is 72.8 Å². The number of nitrogens with one attached hydrogen (secondary N) is 3. The summed E-state index contributed by atoms with van der Waals surface area (Å²) in [7, 11) is -3.90. The SMILES string of the molecule is O=C(N[C@H]1CCCCC/C=C\[C@H]2C[C@@]2(C(=O)NS(=O)(=O)C2CC2)NC(=O)[C@@H]2C[C@@H](Oc3cc(-c4ccccc4)nc4nc5ccccc5n34)CN2C1=O)OC1CCCC1. The van der Waals surface area contributed by atoms with E-state index in [0.29, 0.717) is 55.0 Å². The van der Waals surface area contributed by atoms with Crippen molar-refractivity contribution in [2.24, 2.45) is 5.92 Å². The number of amides is 4. The Labute approximate surface area is 342 Å². The van der Waals surface area contributed by atoms with Gasteiger partial charge in [-0.15, -0.1) is 0 Å². The molecule has 9 rings (SSSR count). The van der Waals surface area contributed by atoms with Gasteiger partial charge in [0.05, 0.1) is 28.5 Å². The Morgan fingerprint density at radius 1 is 0.881 bits per heavy atom. The van der Waals surface area contributed by atoms with Crippen molar-refractivity contribution in [2.45, 2.75) is 119 Å². The molecule has 2 aromatic heterocycles. The lowest BCUT2D eigenvalue weighted by Gasteiger charge is -2.30. The number of sulfonamides is 1. The standard InChI is InChI=1S/C43H49N7O8S/c51-38-36-23-30(57-37-24-34(27-13-5-4-6-14-27)45-41-44-32-18-11-12-20-35(32)50(37)41)26-49(36)39(52)33(46-42(54)58-29-16-9-10-17-29)19-8-3-1-2-7-15-28-25-43(28,47-38)40(53)48-59(55,56)31-21-22-31/h4-7,11-15,18,20,24,28-31,33,36H,1-3,8-10,16-17,19,21-23,25-26H2,(H,46,54)(H,47,51)(H,48,53)/b15-7-/t28-,30+,33-,36-,43+/m0/s1. The van der Waals surface area contributed by atoms with Gasteiger partial charge in [0, 0.05) is 24.0 Å². The zero-order valence-corrected chi connectivity index (χ0v) is 33.6. The first-order valence-corrected chi connectivity index (χ1v) is 22.5. The molecule has 2 aliphatic heterocycles. The lowest BCUT2D eigenvalue weighted by molar-refractivity contribution is -0.141. The number of carbonyl (C=O) groups is 4. The first kappa shape index (κ1) is 39.0. The summed E-state index contributed by atoms with van der Waals surface area (Å²) in [5.74, 6) is -1.47. The van der Waals surface area contributed by atoms with E-state index in [1.165, 1.54) is 4.90 Å². The van der Waals surface area contributed by atoms with Gasteiger partial charge in [-0.3, -0.25) is 19.1 Å². The number of hydrogen-bond donors (Lipinski definition) is 3. The number of hydrogen-bond acceptors (Lipinski definition) is 10. The third-order valence-electron chi connectivity index (χ3n) is 12.3. The molecule has 3 aliphatic carbocycles. The van der Waals surface area contributed by atoms with Crippen LogP contribution in [0.3, 0.4) is 0 Å². The first-order chi connectivity index (χ1) is 28.6. The van der Waals surface area contributed by atoms with E-state index in [4.69, 9.17) is 19.4 Å². The monoisotopic (exact) mass is 823 g/mol. The second-order valence-electron chi connectivity index (χ2n) is 16.6. The fraction of sp³-hybridized carbons (Fsp3) is 0.488. The van der Waals surface area contributed by atoms with Crippen LogP contribution in [0.25, 0.3) is 28.1 Å². The third kappa shape index (κ3) is 8.10.